The molecule has 2 aromatic carbocycles. The van der Waals surface area contributed by atoms with Crippen LogP contribution in [-0.4, -0.2) is 67.1 Å². The molecule has 0 unspecified atom stereocenters. The quantitative estimate of drug-likeness (QED) is 0.609. The number of likely N-dealkylation sites (tertiary alicyclic amines) is 1. The van der Waals surface area contributed by atoms with Crippen LogP contribution in [0, 0.1) is 0 Å². The summed E-state index contributed by atoms with van der Waals surface area (Å²) in [5.74, 6) is 1.12. The van der Waals surface area contributed by atoms with Crippen LogP contribution in [0.15, 0.2) is 48.5 Å². The van der Waals surface area contributed by atoms with Gasteiger partial charge in [0.25, 0.3) is 0 Å². The van der Waals surface area contributed by atoms with E-state index >= 15 is 0 Å². The van der Waals surface area contributed by atoms with E-state index in [0.717, 1.165) is 67.5 Å². The first-order valence-electron chi connectivity index (χ1n) is 11.0. The van der Waals surface area contributed by atoms with Gasteiger partial charge in [-0.1, -0.05) is 24.3 Å². The van der Waals surface area contributed by atoms with Crippen LogP contribution >= 0.6 is 11.3 Å². The maximum absolute atomic E-state index is 13.1. The van der Waals surface area contributed by atoms with Crippen LogP contribution in [0.4, 0.5) is 5.69 Å². The monoisotopic (exact) mass is 436 g/mol. The highest BCUT2D eigenvalue weighted by Crippen LogP contribution is 2.36. The average molecular weight is 437 g/mol. The van der Waals surface area contributed by atoms with Crippen molar-refractivity contribution in [3.63, 3.8) is 0 Å². The highest BCUT2D eigenvalue weighted by molar-refractivity contribution is 7.18. The lowest BCUT2D eigenvalue weighted by Crippen LogP contribution is -2.51. The first-order chi connectivity index (χ1) is 15.2. The molecule has 162 valence electrons. The molecule has 0 N–H and O–H groups in total. The van der Waals surface area contributed by atoms with E-state index in [0.29, 0.717) is 6.54 Å². The van der Waals surface area contributed by atoms with Crippen molar-refractivity contribution >= 4 is 33.1 Å². The molecule has 0 saturated carbocycles. The summed E-state index contributed by atoms with van der Waals surface area (Å²) in [6, 6.07) is 16.6. The minimum absolute atomic E-state index is 0.229. The third-order valence-corrected chi connectivity index (χ3v) is 7.49. The van der Waals surface area contributed by atoms with Gasteiger partial charge in [-0.25, -0.2) is 4.98 Å². The fraction of sp³-hybridized carbons (Fsp3) is 0.417. The third kappa shape index (κ3) is 4.12. The third-order valence-electron chi connectivity index (χ3n) is 6.36. The lowest BCUT2D eigenvalue weighted by atomic mass is 10.2. The number of rotatable bonds is 5. The standard InChI is InChI=1S/C24H28N4O2S/c1-30-21-10-4-3-8-19(21)26-13-15-27(16-14-26)23(29)17-28-12-6-9-20(28)24-25-18-7-2-5-11-22(18)31-24/h2-5,7-8,10-11,20H,6,9,12-17H2,1H3/t20-/m0/s1. The van der Waals surface area contributed by atoms with Crippen LogP contribution in [0.25, 0.3) is 10.2 Å². The summed E-state index contributed by atoms with van der Waals surface area (Å²) in [6.45, 7) is 4.59. The fourth-order valence-electron chi connectivity index (χ4n) is 4.69. The van der Waals surface area contributed by atoms with Gasteiger partial charge < -0.3 is 14.5 Å². The Labute approximate surface area is 187 Å². The van der Waals surface area contributed by atoms with Crippen molar-refractivity contribution in [3.05, 3.63) is 53.5 Å². The van der Waals surface area contributed by atoms with Crippen molar-refractivity contribution in [3.8, 4) is 5.75 Å². The van der Waals surface area contributed by atoms with Crippen molar-refractivity contribution in [2.24, 2.45) is 0 Å². The molecule has 7 heteroatoms. The molecular weight excluding hydrogens is 408 g/mol. The van der Waals surface area contributed by atoms with Gasteiger partial charge in [0.15, 0.2) is 0 Å². The molecule has 2 aliphatic heterocycles. The zero-order chi connectivity index (χ0) is 21.2. The fourth-order valence-corrected chi connectivity index (χ4v) is 5.83. The number of ether oxygens (including phenoxy) is 1. The van der Waals surface area contributed by atoms with Crippen LogP contribution in [0.3, 0.4) is 0 Å². The van der Waals surface area contributed by atoms with Crippen molar-refractivity contribution in [1.82, 2.24) is 14.8 Å². The van der Waals surface area contributed by atoms with E-state index in [-0.39, 0.29) is 11.9 Å². The summed E-state index contributed by atoms with van der Waals surface area (Å²) in [7, 11) is 1.70. The number of aromatic nitrogens is 1. The number of nitrogens with zero attached hydrogens (tertiary/aromatic N) is 4. The second-order valence-corrected chi connectivity index (χ2v) is 9.25. The zero-order valence-electron chi connectivity index (χ0n) is 17.9. The number of carbonyl (C=O) groups excluding carboxylic acids is 1. The minimum atomic E-state index is 0.229. The van der Waals surface area contributed by atoms with Gasteiger partial charge in [0.1, 0.15) is 10.8 Å². The average Bonchev–Trinajstić information content (AvgIpc) is 3.45. The Kier molecular flexibility index (Phi) is 5.78. The summed E-state index contributed by atoms with van der Waals surface area (Å²) < 4.78 is 6.73. The summed E-state index contributed by atoms with van der Waals surface area (Å²) in [5, 5.41) is 1.15. The van der Waals surface area contributed by atoms with E-state index < -0.39 is 0 Å². The van der Waals surface area contributed by atoms with Crippen LogP contribution in [-0.2, 0) is 4.79 Å². The van der Waals surface area contributed by atoms with Gasteiger partial charge in [0.2, 0.25) is 5.91 Å². The van der Waals surface area contributed by atoms with Gasteiger partial charge in [-0.3, -0.25) is 9.69 Å². The predicted octanol–water partition coefficient (Wildman–Crippen LogP) is 3.79. The number of hydrogen-bond donors (Lipinski definition) is 0. The molecule has 0 radical (unpaired) electrons. The van der Waals surface area contributed by atoms with Gasteiger partial charge in [-0.15, -0.1) is 11.3 Å². The number of carbonyl (C=O) groups is 1. The number of methoxy groups -OCH3 is 1. The largest absolute Gasteiger partial charge is 0.495 e. The molecular formula is C24H28N4O2S. The zero-order valence-corrected chi connectivity index (χ0v) is 18.7. The summed E-state index contributed by atoms with van der Waals surface area (Å²) in [4.78, 5) is 24.6. The Bertz CT molecular complexity index is 1030. The number of hydrogen-bond acceptors (Lipinski definition) is 6. The van der Waals surface area contributed by atoms with E-state index in [1.54, 1.807) is 18.4 Å². The van der Waals surface area contributed by atoms with Crippen LogP contribution < -0.4 is 9.64 Å². The highest BCUT2D eigenvalue weighted by atomic mass is 32.1. The summed E-state index contributed by atoms with van der Waals surface area (Å²) >= 11 is 1.77. The van der Waals surface area contributed by atoms with Gasteiger partial charge in [-0.05, 0) is 43.7 Å². The molecule has 3 heterocycles. The van der Waals surface area contributed by atoms with Gasteiger partial charge in [0.05, 0.1) is 35.6 Å². The first-order valence-corrected chi connectivity index (χ1v) is 11.8. The van der Waals surface area contributed by atoms with Gasteiger partial charge >= 0.3 is 0 Å². The highest BCUT2D eigenvalue weighted by Gasteiger charge is 2.32. The van der Waals surface area contributed by atoms with Crippen molar-refractivity contribution in [2.45, 2.75) is 18.9 Å². The van der Waals surface area contributed by atoms with Crippen LogP contribution in [0.5, 0.6) is 5.75 Å². The summed E-state index contributed by atoms with van der Waals surface area (Å²) in [6.07, 6.45) is 2.20. The first kappa shape index (κ1) is 20.3. The number of fused-ring (bicyclic) bond motifs is 1. The Hall–Kier alpha value is -2.64. The molecule has 1 atom stereocenters. The maximum atomic E-state index is 13.1. The molecule has 2 aliphatic rings. The Morgan fingerprint density at radius 1 is 1.06 bits per heavy atom. The minimum Gasteiger partial charge on any atom is -0.495 e. The number of para-hydroxylation sites is 3. The number of amides is 1. The van der Waals surface area contributed by atoms with Crippen molar-refractivity contribution in [2.75, 3.05) is 51.3 Å². The molecule has 31 heavy (non-hydrogen) atoms. The Balaban J connectivity index is 1.21. The molecule has 0 aliphatic carbocycles. The second kappa shape index (κ2) is 8.85. The molecule has 5 rings (SSSR count). The molecule has 2 fully saturated rings. The van der Waals surface area contributed by atoms with E-state index in [2.05, 4.69) is 34.1 Å². The Morgan fingerprint density at radius 3 is 2.65 bits per heavy atom. The molecule has 1 aromatic heterocycles. The Morgan fingerprint density at radius 2 is 1.84 bits per heavy atom. The molecule has 3 aromatic rings. The van der Waals surface area contributed by atoms with Crippen molar-refractivity contribution in [1.29, 1.82) is 0 Å². The molecule has 0 spiro atoms. The van der Waals surface area contributed by atoms with Crippen LogP contribution in [0.1, 0.15) is 23.9 Å². The SMILES string of the molecule is COc1ccccc1N1CCN(C(=O)CN2CCC[C@H]2c2nc3ccccc3s2)CC1. The van der Waals surface area contributed by atoms with E-state index in [1.165, 1.54) is 4.70 Å². The molecule has 2 saturated heterocycles. The number of thiazole rings is 1. The predicted molar refractivity (Wildman–Crippen MR) is 125 cm³/mol. The lowest BCUT2D eigenvalue weighted by Gasteiger charge is -2.37. The number of anilines is 1. The van der Waals surface area contributed by atoms with Crippen LogP contribution in [0.2, 0.25) is 0 Å². The van der Waals surface area contributed by atoms with E-state index in [4.69, 9.17) is 9.72 Å². The second-order valence-electron chi connectivity index (χ2n) is 8.19. The number of benzene rings is 2. The van der Waals surface area contributed by atoms with Gasteiger partial charge in [0, 0.05) is 26.2 Å². The molecule has 6 nitrogen and oxygen atoms in total. The maximum Gasteiger partial charge on any atom is 0.236 e. The normalized spacial score (nSPS) is 19.8. The van der Waals surface area contributed by atoms with Gasteiger partial charge in [-0.2, -0.15) is 0 Å². The van der Waals surface area contributed by atoms with Crippen molar-refractivity contribution < 1.29 is 9.53 Å². The lowest BCUT2D eigenvalue weighted by molar-refractivity contribution is -0.133. The summed E-state index contributed by atoms with van der Waals surface area (Å²) in [5.41, 5.74) is 2.17. The van der Waals surface area contributed by atoms with E-state index in [1.807, 2.05) is 29.2 Å². The van der Waals surface area contributed by atoms with E-state index in [9.17, 15) is 4.79 Å². The molecule has 1 amide bonds. The smallest absolute Gasteiger partial charge is 0.236 e. The topological polar surface area (TPSA) is 48.9 Å². The molecule has 0 bridgehead atoms. The number of piperazine rings is 1.